The molecule has 3 atom stereocenters. The van der Waals surface area contributed by atoms with Crippen LogP contribution in [0.15, 0.2) is 32.2 Å². The molecule has 0 amide bonds. The van der Waals surface area contributed by atoms with Crippen LogP contribution < -0.4 is 20.5 Å². The minimum atomic E-state index is -2.69. The van der Waals surface area contributed by atoms with Gasteiger partial charge in [-0.1, -0.05) is 11.6 Å². The zero-order chi connectivity index (χ0) is 27.5. The summed E-state index contributed by atoms with van der Waals surface area (Å²) in [6, 6.07) is 4.18. The minimum Gasteiger partial charge on any atom is -0.507 e. The molecule has 2 aromatic carbocycles. The second kappa shape index (κ2) is 7.69. The molecule has 0 bridgehead atoms. The van der Waals surface area contributed by atoms with Crippen molar-refractivity contribution in [3.63, 3.8) is 0 Å². The molecule has 12 heteroatoms. The van der Waals surface area contributed by atoms with Gasteiger partial charge in [0.05, 0.1) is 35.1 Å². The van der Waals surface area contributed by atoms with E-state index in [0.717, 1.165) is 0 Å². The van der Waals surface area contributed by atoms with E-state index in [2.05, 4.69) is 4.98 Å². The Labute approximate surface area is 222 Å². The van der Waals surface area contributed by atoms with E-state index in [1.54, 1.807) is 6.92 Å². The maximum Gasteiger partial charge on any atom is 0.259 e. The number of methoxy groups -OCH3 is 1. The van der Waals surface area contributed by atoms with Crippen molar-refractivity contribution >= 4 is 45.1 Å². The number of phenols is 1. The van der Waals surface area contributed by atoms with Crippen LogP contribution in [0.25, 0.3) is 21.9 Å². The van der Waals surface area contributed by atoms with E-state index in [1.807, 2.05) is 0 Å². The van der Waals surface area contributed by atoms with Crippen molar-refractivity contribution in [3.8, 4) is 17.2 Å². The lowest BCUT2D eigenvalue weighted by atomic mass is 9.60. The van der Waals surface area contributed by atoms with Crippen LogP contribution in [0.3, 0.4) is 0 Å². The monoisotopic (exact) mass is 551 g/mol. The first-order valence-electron chi connectivity index (χ1n) is 11.9. The molecule has 11 nitrogen and oxygen atoms in total. The van der Waals surface area contributed by atoms with E-state index >= 15 is 0 Å². The highest BCUT2D eigenvalue weighted by atomic mass is 35.5. The number of carbonyl (C=O) groups is 2. The number of ketones is 2. The molecule has 198 valence electrons. The Morgan fingerprint density at radius 2 is 1.95 bits per heavy atom. The second-order valence-electron chi connectivity index (χ2n) is 9.79. The zero-order valence-electron chi connectivity index (χ0n) is 20.3. The van der Waals surface area contributed by atoms with Crippen LogP contribution in [0, 0.1) is 12.8 Å². The summed E-state index contributed by atoms with van der Waals surface area (Å²) >= 11 is 6.23. The van der Waals surface area contributed by atoms with Crippen molar-refractivity contribution in [3.05, 3.63) is 71.7 Å². The fourth-order valence-electron chi connectivity index (χ4n) is 6.16. The molecular weight excluding hydrogens is 534 g/mol. The summed E-state index contributed by atoms with van der Waals surface area (Å²) in [5.41, 5.74) is -5.12. The summed E-state index contributed by atoms with van der Waals surface area (Å²) < 4.78 is 22.8. The molecule has 0 spiro atoms. The Morgan fingerprint density at radius 3 is 2.69 bits per heavy atom. The molecule has 3 heterocycles. The standard InChI is InChI=1S/C27H18ClNO10/c1-8-5-10-14(26(34)29-8)25(33)27(35)11(18(10)30)6-13-15-17(27)20(32)16-19(31)9-3-4-12(28)22(36-2)21(9)39-24(16)23(15)38-7-37-13/h3-5,11,13,32,35H,6-7H2,1-2H3,(H,29,34)/t11-,13-,27-/m1/s1. The number of phenolic OH excluding ortho intramolecular Hbond substituents is 1. The zero-order valence-corrected chi connectivity index (χ0v) is 21.1. The second-order valence-corrected chi connectivity index (χ2v) is 10.2. The normalized spacial score (nSPS) is 23.3. The fourth-order valence-corrected chi connectivity index (χ4v) is 6.38. The van der Waals surface area contributed by atoms with Crippen LogP contribution in [0.5, 0.6) is 17.2 Å². The van der Waals surface area contributed by atoms with E-state index in [1.165, 1.54) is 25.3 Å². The van der Waals surface area contributed by atoms with Crippen molar-refractivity contribution in [2.45, 2.75) is 25.0 Å². The molecule has 3 N–H and O–H groups in total. The van der Waals surface area contributed by atoms with Crippen LogP contribution in [-0.4, -0.2) is 40.7 Å². The number of H-pyrrole nitrogens is 1. The number of aromatic hydroxyl groups is 1. The maximum atomic E-state index is 13.9. The van der Waals surface area contributed by atoms with Crippen molar-refractivity contribution in [1.82, 2.24) is 4.98 Å². The third kappa shape index (κ3) is 2.79. The molecule has 2 aromatic heterocycles. The lowest BCUT2D eigenvalue weighted by Gasteiger charge is -2.46. The summed E-state index contributed by atoms with van der Waals surface area (Å²) in [5.74, 6) is -3.90. The summed E-state index contributed by atoms with van der Waals surface area (Å²) in [4.78, 5) is 56.6. The molecular formula is C27H18ClNO10. The number of benzene rings is 2. The number of hydrogen-bond donors (Lipinski definition) is 3. The smallest absolute Gasteiger partial charge is 0.259 e. The molecule has 2 aliphatic carbocycles. The highest BCUT2D eigenvalue weighted by Gasteiger charge is 2.62. The number of rotatable bonds is 1. The number of fused-ring (bicyclic) bond motifs is 6. The lowest BCUT2D eigenvalue weighted by molar-refractivity contribution is -0.0967. The Kier molecular flexibility index (Phi) is 4.71. The average Bonchev–Trinajstić information content (AvgIpc) is 2.89. The summed E-state index contributed by atoms with van der Waals surface area (Å²) in [7, 11) is 1.35. The number of pyridine rings is 1. The number of nitrogens with one attached hydrogen (secondary N) is 1. The van der Waals surface area contributed by atoms with Crippen LogP contribution in [0.1, 0.15) is 50.1 Å². The average molecular weight is 552 g/mol. The molecule has 1 aliphatic heterocycles. The quantitative estimate of drug-likeness (QED) is 0.299. The molecule has 4 aromatic rings. The molecule has 0 saturated carbocycles. The van der Waals surface area contributed by atoms with Gasteiger partial charge in [-0.05, 0) is 31.5 Å². The van der Waals surface area contributed by atoms with Gasteiger partial charge in [-0.25, -0.2) is 0 Å². The van der Waals surface area contributed by atoms with Gasteiger partial charge in [-0.2, -0.15) is 0 Å². The van der Waals surface area contributed by atoms with Gasteiger partial charge in [0.25, 0.3) is 5.56 Å². The van der Waals surface area contributed by atoms with Gasteiger partial charge in [0, 0.05) is 22.4 Å². The molecule has 0 saturated heterocycles. The van der Waals surface area contributed by atoms with Gasteiger partial charge in [0.1, 0.15) is 11.1 Å². The molecule has 0 radical (unpaired) electrons. The molecule has 39 heavy (non-hydrogen) atoms. The molecule has 0 fully saturated rings. The number of ether oxygens (including phenoxy) is 3. The van der Waals surface area contributed by atoms with E-state index in [-0.39, 0.29) is 62.8 Å². The summed E-state index contributed by atoms with van der Waals surface area (Å²) in [6.07, 6.45) is -1.07. The fraction of sp³-hybridized carbons (Fsp3) is 0.259. The van der Waals surface area contributed by atoms with Crippen LogP contribution in [0.4, 0.5) is 0 Å². The first-order chi connectivity index (χ1) is 18.6. The Bertz CT molecular complexity index is 1960. The number of aromatic nitrogens is 1. The van der Waals surface area contributed by atoms with Gasteiger partial charge < -0.3 is 33.8 Å². The Morgan fingerprint density at radius 1 is 1.18 bits per heavy atom. The number of aliphatic hydroxyl groups is 1. The summed E-state index contributed by atoms with van der Waals surface area (Å²) in [6.45, 7) is 1.27. The molecule has 3 aliphatic rings. The van der Waals surface area contributed by atoms with Gasteiger partial charge >= 0.3 is 0 Å². The topological polar surface area (TPSA) is 165 Å². The van der Waals surface area contributed by atoms with E-state index in [9.17, 15) is 29.4 Å². The number of aromatic amines is 1. The van der Waals surface area contributed by atoms with E-state index < -0.39 is 57.1 Å². The summed E-state index contributed by atoms with van der Waals surface area (Å²) in [5, 5.41) is 23.5. The largest absolute Gasteiger partial charge is 0.507 e. The number of aryl methyl sites for hydroxylation is 1. The van der Waals surface area contributed by atoms with Crippen LogP contribution >= 0.6 is 11.6 Å². The minimum absolute atomic E-state index is 0.00234. The Balaban J connectivity index is 1.64. The highest BCUT2D eigenvalue weighted by Crippen LogP contribution is 2.59. The number of Topliss-reactive ketones (excluding diaryl/α,β-unsaturated/α-hetero) is 2. The van der Waals surface area contributed by atoms with Crippen LogP contribution in [0.2, 0.25) is 5.02 Å². The highest BCUT2D eigenvalue weighted by molar-refractivity contribution is 6.33. The molecule has 0 unspecified atom stereocenters. The lowest BCUT2D eigenvalue weighted by Crippen LogP contribution is -2.56. The van der Waals surface area contributed by atoms with Gasteiger partial charge in [0.2, 0.25) is 11.2 Å². The first-order valence-corrected chi connectivity index (χ1v) is 12.3. The van der Waals surface area contributed by atoms with Crippen molar-refractivity contribution in [2.24, 2.45) is 5.92 Å². The van der Waals surface area contributed by atoms with Gasteiger partial charge in [-0.15, -0.1) is 0 Å². The SMILES string of the molecule is COc1c(Cl)ccc2c(=O)c3c(O)c4c5c(c3oc12)OCO[C@@H]5C[C@@H]1C(=O)c2cc(C)[nH]c(=O)c2C(=O)[C@]41O. The third-order valence-corrected chi connectivity index (χ3v) is 8.12. The number of carbonyl (C=O) groups excluding carboxylic acids is 2. The predicted octanol–water partition coefficient (Wildman–Crippen LogP) is 3.00. The number of halogens is 1. The third-order valence-electron chi connectivity index (χ3n) is 7.82. The van der Waals surface area contributed by atoms with E-state index in [0.29, 0.717) is 5.69 Å². The van der Waals surface area contributed by atoms with Gasteiger partial charge in [0.15, 0.2) is 40.8 Å². The number of hydrogen-bond acceptors (Lipinski definition) is 10. The Hall–Kier alpha value is -4.19. The van der Waals surface area contributed by atoms with Crippen molar-refractivity contribution in [2.75, 3.05) is 13.9 Å². The van der Waals surface area contributed by atoms with Crippen molar-refractivity contribution in [1.29, 1.82) is 0 Å². The first kappa shape index (κ1) is 23.9. The van der Waals surface area contributed by atoms with E-state index in [4.69, 9.17) is 30.2 Å². The predicted molar refractivity (Wildman–Crippen MR) is 135 cm³/mol. The maximum absolute atomic E-state index is 13.9. The van der Waals surface area contributed by atoms with Gasteiger partial charge in [-0.3, -0.25) is 19.2 Å². The van der Waals surface area contributed by atoms with Crippen LogP contribution in [-0.2, 0) is 10.3 Å². The van der Waals surface area contributed by atoms with Crippen molar-refractivity contribution < 1.29 is 38.4 Å². The molecule has 7 rings (SSSR count).